The Morgan fingerprint density at radius 3 is 2.53 bits per heavy atom. The van der Waals surface area contributed by atoms with E-state index in [1.54, 1.807) is 6.07 Å². The van der Waals surface area contributed by atoms with E-state index in [-0.39, 0.29) is 18.3 Å². The molecule has 0 aliphatic carbocycles. The summed E-state index contributed by atoms with van der Waals surface area (Å²) in [6, 6.07) is 5.83. The first-order valence-electron chi connectivity index (χ1n) is 6.33. The molecular weight excluding hydrogens is 283 g/mol. The number of hydrogen-bond donors (Lipinski definition) is 1. The molecule has 0 aromatic heterocycles. The van der Waals surface area contributed by atoms with Crippen LogP contribution >= 0.6 is 24.0 Å². The van der Waals surface area contributed by atoms with Gasteiger partial charge in [0.05, 0.1) is 0 Å². The second-order valence-corrected chi connectivity index (χ2v) is 5.35. The average Bonchev–Trinajstić information content (AvgIpc) is 2.37. The standard InChI is InChI=1S/C14H19ClN2O.ClH/c1-10-7-11(9-12(15)8-10)14(18)17(2)13-3-5-16-6-4-13;/h7-9,13,16H,3-6H2,1-2H3;1H. The number of nitrogens with zero attached hydrogens (tertiary/aromatic N) is 1. The molecule has 0 saturated carbocycles. The van der Waals surface area contributed by atoms with Crippen LogP contribution in [0.15, 0.2) is 18.2 Å². The highest BCUT2D eigenvalue weighted by atomic mass is 35.5. The number of halogens is 2. The zero-order valence-corrected chi connectivity index (χ0v) is 12.9. The van der Waals surface area contributed by atoms with Gasteiger partial charge in [-0.25, -0.2) is 0 Å². The highest BCUT2D eigenvalue weighted by Crippen LogP contribution is 2.18. The lowest BCUT2D eigenvalue weighted by molar-refractivity contribution is 0.0703. The Morgan fingerprint density at radius 1 is 1.32 bits per heavy atom. The third kappa shape index (κ3) is 4.10. The van der Waals surface area contributed by atoms with Crippen LogP contribution in [0, 0.1) is 6.92 Å². The predicted molar refractivity (Wildman–Crippen MR) is 81.4 cm³/mol. The van der Waals surface area contributed by atoms with E-state index in [4.69, 9.17) is 11.6 Å². The van der Waals surface area contributed by atoms with Crippen LogP contribution < -0.4 is 5.32 Å². The molecule has 0 atom stereocenters. The Balaban J connectivity index is 0.00000180. The van der Waals surface area contributed by atoms with E-state index >= 15 is 0 Å². The molecule has 1 aliphatic rings. The molecule has 1 saturated heterocycles. The average molecular weight is 303 g/mol. The van der Waals surface area contributed by atoms with Crippen LogP contribution in [0.4, 0.5) is 0 Å². The monoisotopic (exact) mass is 302 g/mol. The molecule has 106 valence electrons. The Morgan fingerprint density at radius 2 is 1.95 bits per heavy atom. The lowest BCUT2D eigenvalue weighted by atomic mass is 10.0. The van der Waals surface area contributed by atoms with Crippen molar-refractivity contribution in [3.63, 3.8) is 0 Å². The molecule has 1 aromatic carbocycles. The van der Waals surface area contributed by atoms with Crippen LogP contribution in [-0.2, 0) is 0 Å². The summed E-state index contributed by atoms with van der Waals surface area (Å²) in [5.74, 6) is 0.0625. The number of carbonyl (C=O) groups excluding carboxylic acids is 1. The molecule has 0 unspecified atom stereocenters. The number of nitrogens with one attached hydrogen (secondary N) is 1. The van der Waals surface area contributed by atoms with Gasteiger partial charge in [-0.05, 0) is 56.6 Å². The molecule has 1 fully saturated rings. The summed E-state index contributed by atoms with van der Waals surface area (Å²) in [7, 11) is 1.88. The molecule has 1 N–H and O–H groups in total. The van der Waals surface area contributed by atoms with Crippen molar-refractivity contribution in [2.75, 3.05) is 20.1 Å². The molecule has 5 heteroatoms. The van der Waals surface area contributed by atoms with E-state index in [2.05, 4.69) is 5.32 Å². The Kier molecular flexibility index (Phi) is 6.11. The van der Waals surface area contributed by atoms with Crippen LogP contribution in [0.1, 0.15) is 28.8 Å². The van der Waals surface area contributed by atoms with Gasteiger partial charge in [0.1, 0.15) is 0 Å². The summed E-state index contributed by atoms with van der Waals surface area (Å²) in [5, 5.41) is 3.93. The minimum atomic E-state index is 0. The van der Waals surface area contributed by atoms with Crippen molar-refractivity contribution in [2.45, 2.75) is 25.8 Å². The summed E-state index contributed by atoms with van der Waals surface area (Å²) < 4.78 is 0. The minimum Gasteiger partial charge on any atom is -0.339 e. The minimum absolute atomic E-state index is 0. The van der Waals surface area contributed by atoms with E-state index in [0.29, 0.717) is 16.6 Å². The summed E-state index contributed by atoms with van der Waals surface area (Å²) in [6.07, 6.45) is 2.03. The lowest BCUT2D eigenvalue weighted by Crippen LogP contribution is -2.43. The number of carbonyl (C=O) groups is 1. The third-order valence-corrected chi connectivity index (χ3v) is 3.68. The smallest absolute Gasteiger partial charge is 0.253 e. The SMILES string of the molecule is Cc1cc(Cl)cc(C(=O)N(C)C2CCNCC2)c1.Cl. The maximum atomic E-state index is 12.4. The molecule has 1 aliphatic heterocycles. The summed E-state index contributed by atoms with van der Waals surface area (Å²) >= 11 is 6.00. The zero-order valence-electron chi connectivity index (χ0n) is 11.3. The van der Waals surface area contributed by atoms with Gasteiger partial charge >= 0.3 is 0 Å². The molecule has 2 rings (SSSR count). The van der Waals surface area contributed by atoms with Crippen molar-refractivity contribution in [2.24, 2.45) is 0 Å². The fraction of sp³-hybridized carbons (Fsp3) is 0.500. The highest BCUT2D eigenvalue weighted by Gasteiger charge is 2.23. The fourth-order valence-electron chi connectivity index (χ4n) is 2.42. The van der Waals surface area contributed by atoms with Crippen LogP contribution in [0.5, 0.6) is 0 Å². The van der Waals surface area contributed by atoms with E-state index < -0.39 is 0 Å². The first-order valence-corrected chi connectivity index (χ1v) is 6.71. The number of hydrogen-bond acceptors (Lipinski definition) is 2. The first-order chi connectivity index (χ1) is 8.58. The molecule has 0 bridgehead atoms. The first kappa shape index (κ1) is 16.3. The molecule has 19 heavy (non-hydrogen) atoms. The van der Waals surface area contributed by atoms with E-state index in [1.165, 1.54) is 0 Å². The Hall–Kier alpha value is -0.770. The van der Waals surface area contributed by atoms with Gasteiger partial charge in [-0.1, -0.05) is 11.6 Å². The lowest BCUT2D eigenvalue weighted by Gasteiger charge is -2.31. The van der Waals surface area contributed by atoms with Gasteiger partial charge in [-0.3, -0.25) is 4.79 Å². The Bertz CT molecular complexity index is 425. The van der Waals surface area contributed by atoms with Gasteiger partial charge < -0.3 is 10.2 Å². The quantitative estimate of drug-likeness (QED) is 0.911. The van der Waals surface area contributed by atoms with Crippen molar-refractivity contribution in [3.8, 4) is 0 Å². The van der Waals surface area contributed by atoms with E-state index in [1.807, 2.05) is 31.0 Å². The van der Waals surface area contributed by atoms with Gasteiger partial charge in [0, 0.05) is 23.7 Å². The maximum Gasteiger partial charge on any atom is 0.253 e. The van der Waals surface area contributed by atoms with Gasteiger partial charge in [0.25, 0.3) is 5.91 Å². The van der Waals surface area contributed by atoms with Gasteiger partial charge in [0.2, 0.25) is 0 Å². The van der Waals surface area contributed by atoms with Crippen molar-refractivity contribution < 1.29 is 4.79 Å². The largest absolute Gasteiger partial charge is 0.339 e. The number of rotatable bonds is 2. The van der Waals surface area contributed by atoms with Crippen molar-refractivity contribution in [1.29, 1.82) is 0 Å². The van der Waals surface area contributed by atoms with Crippen molar-refractivity contribution in [3.05, 3.63) is 34.3 Å². The predicted octanol–water partition coefficient (Wildman–Crippen LogP) is 2.89. The third-order valence-electron chi connectivity index (χ3n) is 3.47. The topological polar surface area (TPSA) is 32.3 Å². The second kappa shape index (κ2) is 7.13. The van der Waals surface area contributed by atoms with Gasteiger partial charge in [0.15, 0.2) is 0 Å². The van der Waals surface area contributed by atoms with Crippen LogP contribution in [-0.4, -0.2) is 37.0 Å². The van der Waals surface area contributed by atoms with Gasteiger partial charge in [-0.2, -0.15) is 0 Å². The molecule has 1 amide bonds. The van der Waals surface area contributed by atoms with E-state index in [9.17, 15) is 4.79 Å². The summed E-state index contributed by atoms with van der Waals surface area (Å²) in [5.41, 5.74) is 1.70. The van der Waals surface area contributed by atoms with E-state index in [0.717, 1.165) is 31.5 Å². The van der Waals surface area contributed by atoms with Crippen LogP contribution in [0.2, 0.25) is 5.02 Å². The second-order valence-electron chi connectivity index (χ2n) is 4.91. The molecular formula is C14H20Cl2N2O. The van der Waals surface area contributed by atoms with Crippen molar-refractivity contribution in [1.82, 2.24) is 10.2 Å². The molecule has 3 nitrogen and oxygen atoms in total. The normalized spacial score (nSPS) is 15.7. The van der Waals surface area contributed by atoms with Crippen LogP contribution in [0.25, 0.3) is 0 Å². The number of benzene rings is 1. The van der Waals surface area contributed by atoms with Crippen molar-refractivity contribution >= 4 is 29.9 Å². The summed E-state index contributed by atoms with van der Waals surface area (Å²) in [6.45, 7) is 3.92. The zero-order chi connectivity index (χ0) is 13.1. The molecule has 1 aromatic rings. The maximum absolute atomic E-state index is 12.4. The number of aryl methyl sites for hydroxylation is 1. The van der Waals surface area contributed by atoms with Crippen LogP contribution in [0.3, 0.4) is 0 Å². The highest BCUT2D eigenvalue weighted by molar-refractivity contribution is 6.31. The summed E-state index contributed by atoms with van der Waals surface area (Å²) in [4.78, 5) is 14.2. The molecule has 0 radical (unpaired) electrons. The molecule has 1 heterocycles. The Labute approximate surface area is 125 Å². The van der Waals surface area contributed by atoms with Gasteiger partial charge in [-0.15, -0.1) is 12.4 Å². The number of amides is 1. The fourth-order valence-corrected chi connectivity index (χ4v) is 2.71. The molecule has 0 spiro atoms. The number of piperidine rings is 1.